The molecule has 2 rings (SSSR count). The summed E-state index contributed by atoms with van der Waals surface area (Å²) in [5.74, 6) is 0.253. The highest BCUT2D eigenvalue weighted by Crippen LogP contribution is 2.22. The van der Waals surface area contributed by atoms with E-state index in [0.29, 0.717) is 5.16 Å². The molecule has 0 aliphatic rings. The number of aryl methyl sites for hydroxylation is 2. The molecule has 1 amide bonds. The van der Waals surface area contributed by atoms with Crippen LogP contribution in [0, 0.1) is 6.92 Å². The van der Waals surface area contributed by atoms with Crippen LogP contribution in [0.15, 0.2) is 34.2 Å². The minimum absolute atomic E-state index is 0.110. The molecule has 0 radical (unpaired) electrons. The zero-order valence-corrected chi connectivity index (χ0v) is 15.3. The van der Waals surface area contributed by atoms with Crippen molar-refractivity contribution < 1.29 is 4.79 Å². The number of carbonyl (C=O) groups is 1. The summed E-state index contributed by atoms with van der Waals surface area (Å²) in [6, 6.07) is 7.48. The van der Waals surface area contributed by atoms with E-state index in [0.717, 1.165) is 28.9 Å². The topological polar surface area (TPSA) is 74.8 Å². The summed E-state index contributed by atoms with van der Waals surface area (Å²) < 4.78 is 0. The Labute approximate surface area is 146 Å². The van der Waals surface area contributed by atoms with Gasteiger partial charge in [0.05, 0.1) is 11.4 Å². The average Bonchev–Trinajstić information content (AvgIpc) is 2.54. The number of carbonyl (C=O) groups excluding carboxylic acids is 1. The first-order valence-electron chi connectivity index (χ1n) is 8.03. The number of benzene rings is 1. The summed E-state index contributed by atoms with van der Waals surface area (Å²) >= 11 is 1.23. The third kappa shape index (κ3) is 4.71. The number of nitrogens with zero attached hydrogens (tertiary/aromatic N) is 1. The molecule has 0 saturated heterocycles. The van der Waals surface area contributed by atoms with Crippen molar-refractivity contribution in [3.63, 3.8) is 0 Å². The van der Waals surface area contributed by atoms with E-state index >= 15 is 0 Å². The van der Waals surface area contributed by atoms with Gasteiger partial charge in [-0.3, -0.25) is 9.59 Å². The average molecular weight is 345 g/mol. The standard InChI is InChI=1S/C18H23N3O2S/c1-5-13-8-6-7-12(4)17(13)20-16(23)10-24-18-19-14(11(2)3)9-15(22)21-18/h6-9,11H,5,10H2,1-4H3,(H,20,23)(H,19,21,22). The Hall–Kier alpha value is -2.08. The smallest absolute Gasteiger partial charge is 0.251 e. The van der Waals surface area contributed by atoms with Gasteiger partial charge in [-0.15, -0.1) is 0 Å². The summed E-state index contributed by atoms with van der Waals surface area (Å²) in [6.07, 6.45) is 0.857. The molecule has 0 fully saturated rings. The van der Waals surface area contributed by atoms with Crippen LogP contribution >= 0.6 is 11.8 Å². The molecule has 6 heteroatoms. The van der Waals surface area contributed by atoms with E-state index in [4.69, 9.17) is 0 Å². The number of hydrogen-bond donors (Lipinski definition) is 2. The highest BCUT2D eigenvalue weighted by molar-refractivity contribution is 7.99. The Morgan fingerprint density at radius 2 is 2.12 bits per heavy atom. The summed E-state index contributed by atoms with van der Waals surface area (Å²) in [5, 5.41) is 3.45. The van der Waals surface area contributed by atoms with Gasteiger partial charge < -0.3 is 10.3 Å². The lowest BCUT2D eigenvalue weighted by atomic mass is 10.1. The largest absolute Gasteiger partial charge is 0.325 e. The van der Waals surface area contributed by atoms with Crippen LogP contribution in [-0.2, 0) is 11.2 Å². The molecule has 2 N–H and O–H groups in total. The molecule has 0 atom stereocenters. The van der Waals surface area contributed by atoms with E-state index in [2.05, 4.69) is 22.2 Å². The van der Waals surface area contributed by atoms with Gasteiger partial charge in [-0.05, 0) is 30.4 Å². The number of nitrogens with one attached hydrogen (secondary N) is 2. The van der Waals surface area contributed by atoms with E-state index in [-0.39, 0.29) is 23.1 Å². The number of para-hydroxylation sites is 1. The predicted molar refractivity (Wildman–Crippen MR) is 98.9 cm³/mol. The maximum atomic E-state index is 12.3. The quantitative estimate of drug-likeness (QED) is 0.621. The Balaban J connectivity index is 2.06. The second kappa shape index (κ2) is 8.15. The molecule has 0 aliphatic carbocycles. The van der Waals surface area contributed by atoms with Gasteiger partial charge in [0.2, 0.25) is 5.91 Å². The molecule has 1 aromatic heterocycles. The first kappa shape index (κ1) is 18.3. The van der Waals surface area contributed by atoms with Crippen LogP contribution in [0.5, 0.6) is 0 Å². The van der Waals surface area contributed by atoms with Crippen molar-refractivity contribution in [2.75, 3.05) is 11.1 Å². The Morgan fingerprint density at radius 3 is 2.79 bits per heavy atom. The molecule has 2 aromatic rings. The molecule has 0 aliphatic heterocycles. The van der Waals surface area contributed by atoms with Gasteiger partial charge in [-0.25, -0.2) is 4.98 Å². The van der Waals surface area contributed by atoms with Crippen molar-refractivity contribution in [1.29, 1.82) is 0 Å². The minimum atomic E-state index is -0.191. The Kier molecular flexibility index (Phi) is 6.20. The molecular formula is C18H23N3O2S. The van der Waals surface area contributed by atoms with Gasteiger partial charge in [0.15, 0.2) is 5.16 Å². The number of amides is 1. The van der Waals surface area contributed by atoms with E-state index < -0.39 is 0 Å². The molecule has 0 spiro atoms. The second-order valence-electron chi connectivity index (χ2n) is 5.93. The lowest BCUT2D eigenvalue weighted by molar-refractivity contribution is -0.113. The zero-order valence-electron chi connectivity index (χ0n) is 14.5. The van der Waals surface area contributed by atoms with E-state index in [1.54, 1.807) is 0 Å². The predicted octanol–water partition coefficient (Wildman–Crippen LogP) is 3.49. The fourth-order valence-corrected chi connectivity index (χ4v) is 3.01. The number of anilines is 1. The minimum Gasteiger partial charge on any atom is -0.325 e. The zero-order chi connectivity index (χ0) is 17.7. The molecule has 1 heterocycles. The lowest BCUT2D eigenvalue weighted by Gasteiger charge is -2.13. The molecule has 0 saturated carbocycles. The monoisotopic (exact) mass is 345 g/mol. The lowest BCUT2D eigenvalue weighted by Crippen LogP contribution is -2.17. The summed E-state index contributed by atoms with van der Waals surface area (Å²) in [6.45, 7) is 8.00. The SMILES string of the molecule is CCc1cccc(C)c1NC(=O)CSc1nc(C(C)C)cc(=O)[nH]1. The maximum absolute atomic E-state index is 12.3. The Morgan fingerprint density at radius 1 is 1.38 bits per heavy atom. The molecule has 5 nitrogen and oxygen atoms in total. The van der Waals surface area contributed by atoms with Crippen LogP contribution in [0.2, 0.25) is 0 Å². The number of rotatable bonds is 6. The van der Waals surface area contributed by atoms with Crippen molar-refractivity contribution in [1.82, 2.24) is 9.97 Å². The van der Waals surface area contributed by atoms with Crippen LogP contribution in [-0.4, -0.2) is 21.6 Å². The second-order valence-corrected chi connectivity index (χ2v) is 6.89. The molecule has 1 aromatic carbocycles. The van der Waals surface area contributed by atoms with Gasteiger partial charge >= 0.3 is 0 Å². The number of hydrogen-bond acceptors (Lipinski definition) is 4. The third-order valence-electron chi connectivity index (χ3n) is 3.68. The maximum Gasteiger partial charge on any atom is 0.251 e. The number of aromatic nitrogens is 2. The molecule has 24 heavy (non-hydrogen) atoms. The van der Waals surface area contributed by atoms with Gasteiger partial charge in [0, 0.05) is 11.8 Å². The summed E-state index contributed by atoms with van der Waals surface area (Å²) in [4.78, 5) is 31.0. The van der Waals surface area contributed by atoms with Gasteiger partial charge in [0.1, 0.15) is 0 Å². The number of thioether (sulfide) groups is 1. The van der Waals surface area contributed by atoms with Crippen LogP contribution < -0.4 is 10.9 Å². The van der Waals surface area contributed by atoms with Crippen molar-refractivity contribution in [3.05, 3.63) is 51.4 Å². The van der Waals surface area contributed by atoms with Crippen LogP contribution in [0.25, 0.3) is 0 Å². The van der Waals surface area contributed by atoms with Crippen molar-refractivity contribution in [2.45, 2.75) is 45.2 Å². The highest BCUT2D eigenvalue weighted by atomic mass is 32.2. The highest BCUT2D eigenvalue weighted by Gasteiger charge is 2.11. The first-order chi connectivity index (χ1) is 11.4. The van der Waals surface area contributed by atoms with Crippen molar-refractivity contribution in [3.8, 4) is 0 Å². The van der Waals surface area contributed by atoms with Crippen LogP contribution in [0.3, 0.4) is 0 Å². The van der Waals surface area contributed by atoms with Crippen LogP contribution in [0.4, 0.5) is 5.69 Å². The fourth-order valence-electron chi connectivity index (χ4n) is 2.33. The molecule has 128 valence electrons. The molecular weight excluding hydrogens is 322 g/mol. The normalized spacial score (nSPS) is 10.9. The first-order valence-corrected chi connectivity index (χ1v) is 9.01. The van der Waals surface area contributed by atoms with E-state index in [1.807, 2.05) is 39.0 Å². The van der Waals surface area contributed by atoms with Gasteiger partial charge in [-0.2, -0.15) is 0 Å². The Bertz CT molecular complexity index is 784. The van der Waals surface area contributed by atoms with Crippen LogP contribution in [0.1, 0.15) is 43.5 Å². The third-order valence-corrected chi connectivity index (χ3v) is 4.55. The van der Waals surface area contributed by atoms with Gasteiger partial charge in [-0.1, -0.05) is 50.7 Å². The molecule has 0 bridgehead atoms. The fraction of sp³-hybridized carbons (Fsp3) is 0.389. The van der Waals surface area contributed by atoms with Gasteiger partial charge in [0.25, 0.3) is 5.56 Å². The van der Waals surface area contributed by atoms with E-state index in [1.165, 1.54) is 17.8 Å². The summed E-state index contributed by atoms with van der Waals surface area (Å²) in [7, 11) is 0. The number of H-pyrrole nitrogens is 1. The summed E-state index contributed by atoms with van der Waals surface area (Å²) in [5.41, 5.74) is 3.57. The molecule has 0 unspecified atom stereocenters. The van der Waals surface area contributed by atoms with Crippen molar-refractivity contribution >= 4 is 23.4 Å². The number of aromatic amines is 1. The van der Waals surface area contributed by atoms with E-state index in [9.17, 15) is 9.59 Å². The van der Waals surface area contributed by atoms with Crippen molar-refractivity contribution in [2.24, 2.45) is 0 Å².